The molecule has 1 atom stereocenters. The van der Waals surface area contributed by atoms with Crippen LogP contribution in [0.3, 0.4) is 0 Å². The number of ether oxygens (including phenoxy) is 1. The van der Waals surface area contributed by atoms with Gasteiger partial charge in [0.15, 0.2) is 5.96 Å². The third-order valence-corrected chi connectivity index (χ3v) is 4.06. The van der Waals surface area contributed by atoms with Gasteiger partial charge in [-0.15, -0.1) is 0 Å². The summed E-state index contributed by atoms with van der Waals surface area (Å²) < 4.78 is 6.66. The van der Waals surface area contributed by atoms with Gasteiger partial charge in [-0.2, -0.15) is 0 Å². The molecule has 0 radical (unpaired) electrons. The summed E-state index contributed by atoms with van der Waals surface area (Å²) in [5, 5.41) is 13.0. The summed E-state index contributed by atoms with van der Waals surface area (Å²) in [4.78, 5) is 4.15. The molecule has 0 amide bonds. The molecule has 0 bridgehead atoms. The van der Waals surface area contributed by atoms with Gasteiger partial charge in [0.05, 0.1) is 6.54 Å². The van der Waals surface area contributed by atoms with Crippen molar-refractivity contribution in [2.45, 2.75) is 19.4 Å². The van der Waals surface area contributed by atoms with E-state index < -0.39 is 6.10 Å². The highest BCUT2D eigenvalue weighted by molar-refractivity contribution is 14.1. The van der Waals surface area contributed by atoms with Crippen molar-refractivity contribution in [2.24, 2.45) is 10.7 Å². The van der Waals surface area contributed by atoms with Crippen molar-refractivity contribution in [3.05, 3.63) is 57.7 Å². The lowest BCUT2D eigenvalue weighted by molar-refractivity contribution is 0.114. The predicted octanol–water partition coefficient (Wildman–Crippen LogP) is 3.02. The summed E-state index contributed by atoms with van der Waals surface area (Å²) >= 11 is 2.23. The van der Waals surface area contributed by atoms with E-state index in [4.69, 9.17) is 10.5 Å². The van der Waals surface area contributed by atoms with Crippen LogP contribution in [0.4, 0.5) is 5.69 Å². The van der Waals surface area contributed by atoms with Crippen molar-refractivity contribution < 1.29 is 9.84 Å². The summed E-state index contributed by atoms with van der Waals surface area (Å²) in [5.74, 6) is 0.998. The molecule has 0 saturated heterocycles. The maximum absolute atomic E-state index is 9.95. The molecule has 2 rings (SSSR count). The van der Waals surface area contributed by atoms with Crippen LogP contribution in [0, 0.1) is 3.57 Å². The maximum Gasteiger partial charge on any atom is 0.193 e. The van der Waals surface area contributed by atoms with Crippen molar-refractivity contribution in [3.63, 3.8) is 0 Å². The van der Waals surface area contributed by atoms with Gasteiger partial charge in [-0.05, 0) is 71.0 Å². The number of aliphatic imine (C=N–C) groups is 1. The molecule has 0 aliphatic heterocycles. The predicted molar refractivity (Wildman–Crippen MR) is 107 cm³/mol. The number of guanidine groups is 1. The van der Waals surface area contributed by atoms with E-state index in [1.54, 1.807) is 0 Å². The molecule has 2 aromatic rings. The molecule has 5 nitrogen and oxygen atoms in total. The number of nitrogens with two attached hydrogens (primary N) is 1. The second-order valence-corrected chi connectivity index (χ2v) is 6.57. The van der Waals surface area contributed by atoms with Gasteiger partial charge in [0, 0.05) is 9.26 Å². The SMILES string of the molecule is CCc1cccc(NC(N)=NCC(O)COc2ccc(I)cc2)c1. The number of hydrogen-bond acceptors (Lipinski definition) is 3. The zero-order valence-electron chi connectivity index (χ0n) is 13.6. The molecule has 0 aromatic heterocycles. The van der Waals surface area contributed by atoms with E-state index in [1.165, 1.54) is 5.56 Å². The van der Waals surface area contributed by atoms with E-state index in [-0.39, 0.29) is 19.1 Å². The number of anilines is 1. The number of hydrogen-bond donors (Lipinski definition) is 3. The molecule has 0 saturated carbocycles. The Morgan fingerprint density at radius 2 is 2.04 bits per heavy atom. The van der Waals surface area contributed by atoms with E-state index in [9.17, 15) is 5.11 Å². The Bertz CT molecular complexity index is 674. The molecule has 0 aliphatic carbocycles. The van der Waals surface area contributed by atoms with Crippen molar-refractivity contribution in [3.8, 4) is 5.75 Å². The zero-order valence-corrected chi connectivity index (χ0v) is 15.7. The minimum Gasteiger partial charge on any atom is -0.491 e. The van der Waals surface area contributed by atoms with E-state index in [1.807, 2.05) is 42.5 Å². The number of rotatable bonds is 7. The monoisotopic (exact) mass is 439 g/mol. The average molecular weight is 439 g/mol. The van der Waals surface area contributed by atoms with Crippen LogP contribution in [0.15, 0.2) is 53.5 Å². The normalized spacial score (nSPS) is 12.7. The first-order valence-corrected chi connectivity index (χ1v) is 8.87. The number of benzene rings is 2. The Hall–Kier alpha value is -1.80. The van der Waals surface area contributed by atoms with Crippen molar-refractivity contribution in [2.75, 3.05) is 18.5 Å². The molecule has 0 aliphatic rings. The number of aliphatic hydroxyl groups excluding tert-OH is 1. The average Bonchev–Trinajstić information content (AvgIpc) is 2.59. The Kier molecular flexibility index (Phi) is 7.33. The number of aryl methyl sites for hydroxylation is 1. The first kappa shape index (κ1) is 18.5. The topological polar surface area (TPSA) is 79.9 Å². The molecular weight excluding hydrogens is 417 g/mol. The van der Waals surface area contributed by atoms with Crippen LogP contribution in [0.1, 0.15) is 12.5 Å². The summed E-state index contributed by atoms with van der Waals surface area (Å²) in [7, 11) is 0. The van der Waals surface area contributed by atoms with Crippen LogP contribution in [0.25, 0.3) is 0 Å². The molecule has 128 valence electrons. The lowest BCUT2D eigenvalue weighted by Crippen LogP contribution is -2.27. The molecule has 6 heteroatoms. The standard InChI is InChI=1S/C18H22IN3O2/c1-2-13-4-3-5-15(10-13)22-18(20)21-11-16(23)12-24-17-8-6-14(19)7-9-17/h3-10,16,23H,2,11-12H2,1H3,(H3,20,21,22). The van der Waals surface area contributed by atoms with Crippen LogP contribution in [-0.4, -0.2) is 30.3 Å². The van der Waals surface area contributed by atoms with Gasteiger partial charge >= 0.3 is 0 Å². The Morgan fingerprint density at radius 1 is 1.29 bits per heavy atom. The fraction of sp³-hybridized carbons (Fsp3) is 0.278. The van der Waals surface area contributed by atoms with Crippen molar-refractivity contribution in [1.29, 1.82) is 0 Å². The van der Waals surface area contributed by atoms with Gasteiger partial charge in [-0.25, -0.2) is 0 Å². The van der Waals surface area contributed by atoms with Crippen molar-refractivity contribution >= 4 is 34.2 Å². The molecule has 1 unspecified atom stereocenters. The molecular formula is C18H22IN3O2. The first-order valence-electron chi connectivity index (χ1n) is 7.79. The fourth-order valence-electron chi connectivity index (χ4n) is 2.04. The largest absolute Gasteiger partial charge is 0.491 e. The van der Waals surface area contributed by atoms with E-state index in [0.29, 0.717) is 0 Å². The fourth-order valence-corrected chi connectivity index (χ4v) is 2.40. The number of nitrogens with zero attached hydrogens (tertiary/aromatic N) is 1. The van der Waals surface area contributed by atoms with Gasteiger partial charge in [0.25, 0.3) is 0 Å². The lowest BCUT2D eigenvalue weighted by atomic mass is 10.1. The van der Waals surface area contributed by atoms with Gasteiger partial charge in [0.1, 0.15) is 18.5 Å². The maximum atomic E-state index is 9.95. The van der Waals surface area contributed by atoms with Gasteiger partial charge in [-0.1, -0.05) is 19.1 Å². The van der Waals surface area contributed by atoms with Crippen LogP contribution >= 0.6 is 22.6 Å². The Labute approximate surface area is 156 Å². The van der Waals surface area contributed by atoms with E-state index in [2.05, 4.69) is 45.9 Å². The van der Waals surface area contributed by atoms with Crippen LogP contribution in [-0.2, 0) is 6.42 Å². The number of aliphatic hydroxyl groups is 1. The summed E-state index contributed by atoms with van der Waals surface area (Å²) in [6.45, 7) is 2.44. The molecule has 2 aromatic carbocycles. The molecule has 0 spiro atoms. The minimum atomic E-state index is -0.716. The van der Waals surface area contributed by atoms with Crippen LogP contribution < -0.4 is 15.8 Å². The molecule has 4 N–H and O–H groups in total. The second-order valence-electron chi connectivity index (χ2n) is 5.32. The van der Waals surface area contributed by atoms with Gasteiger partial charge in [-0.3, -0.25) is 4.99 Å². The quantitative estimate of drug-likeness (QED) is 0.352. The minimum absolute atomic E-state index is 0.169. The number of nitrogens with one attached hydrogen (secondary N) is 1. The third-order valence-electron chi connectivity index (χ3n) is 3.34. The third kappa shape index (κ3) is 6.37. The highest BCUT2D eigenvalue weighted by atomic mass is 127. The first-order chi connectivity index (χ1) is 11.6. The lowest BCUT2D eigenvalue weighted by Gasteiger charge is -2.11. The Morgan fingerprint density at radius 3 is 2.75 bits per heavy atom. The molecule has 0 fully saturated rings. The highest BCUT2D eigenvalue weighted by Crippen LogP contribution is 2.14. The smallest absolute Gasteiger partial charge is 0.193 e. The van der Waals surface area contributed by atoms with E-state index >= 15 is 0 Å². The van der Waals surface area contributed by atoms with Crippen LogP contribution in [0.5, 0.6) is 5.75 Å². The Balaban J connectivity index is 1.79. The van der Waals surface area contributed by atoms with Crippen molar-refractivity contribution in [1.82, 2.24) is 0 Å². The summed E-state index contributed by atoms with van der Waals surface area (Å²) in [5.41, 5.74) is 7.97. The van der Waals surface area contributed by atoms with Gasteiger partial charge < -0.3 is 20.9 Å². The summed E-state index contributed by atoms with van der Waals surface area (Å²) in [6.07, 6.45) is 0.243. The highest BCUT2D eigenvalue weighted by Gasteiger charge is 2.05. The molecule has 24 heavy (non-hydrogen) atoms. The van der Waals surface area contributed by atoms with Crippen LogP contribution in [0.2, 0.25) is 0 Å². The van der Waals surface area contributed by atoms with Gasteiger partial charge in [0.2, 0.25) is 0 Å². The summed E-state index contributed by atoms with van der Waals surface area (Å²) in [6, 6.07) is 15.6. The zero-order chi connectivity index (χ0) is 17.4. The molecule has 0 heterocycles. The second kappa shape index (κ2) is 9.48. The van der Waals surface area contributed by atoms with E-state index in [0.717, 1.165) is 21.4 Å². The number of halogens is 1.